The Kier molecular flexibility index (Phi) is 2.31. The molecule has 0 aliphatic carbocycles. The van der Waals surface area contributed by atoms with Crippen molar-refractivity contribution in [1.29, 1.82) is 0 Å². The highest BCUT2D eigenvalue weighted by Crippen LogP contribution is 2.03. The third-order valence-corrected chi connectivity index (χ3v) is 0.518. The van der Waals surface area contributed by atoms with E-state index in [4.69, 9.17) is 0 Å². The Morgan fingerprint density at radius 2 is 2.29 bits per heavy atom. The van der Waals surface area contributed by atoms with Crippen molar-refractivity contribution in [3.8, 4) is 0 Å². The summed E-state index contributed by atoms with van der Waals surface area (Å²) in [4.78, 5) is 0. The molecule has 1 unspecified atom stereocenters. The molecule has 0 fully saturated rings. The third-order valence-electron chi connectivity index (χ3n) is 0.518. The first-order chi connectivity index (χ1) is 3.18. The van der Waals surface area contributed by atoms with Gasteiger partial charge in [-0.3, -0.25) is 0 Å². The molecule has 0 amide bonds. The first kappa shape index (κ1) is 6.38. The lowest BCUT2D eigenvalue weighted by atomic mass is 10.4. The first-order valence-electron chi connectivity index (χ1n) is 1.88. The van der Waals surface area contributed by atoms with Crippen molar-refractivity contribution in [2.75, 3.05) is 0 Å². The summed E-state index contributed by atoms with van der Waals surface area (Å²) in [5, 5.41) is 0. The van der Waals surface area contributed by atoms with Crippen molar-refractivity contribution >= 4 is 0 Å². The molecule has 7 heavy (non-hydrogen) atoms. The molecular formula is C5H6F2. The monoisotopic (exact) mass is 104 g/mol. The second kappa shape index (κ2) is 2.54. The lowest BCUT2D eigenvalue weighted by molar-refractivity contribution is 0.351. The molecule has 0 N–H and O–H groups in total. The van der Waals surface area contributed by atoms with Crippen molar-refractivity contribution in [2.24, 2.45) is 0 Å². The minimum absolute atomic E-state index is 0.931. The summed E-state index contributed by atoms with van der Waals surface area (Å²) in [6.45, 7) is 4.00. The van der Waals surface area contributed by atoms with E-state index in [1.54, 1.807) is 5.73 Å². The summed E-state index contributed by atoms with van der Waals surface area (Å²) < 4.78 is 23.2. The predicted octanol–water partition coefficient (Wildman–Crippen LogP) is 1.98. The Morgan fingerprint density at radius 1 is 1.86 bits per heavy atom. The van der Waals surface area contributed by atoms with Gasteiger partial charge in [0.25, 0.3) is 0 Å². The van der Waals surface area contributed by atoms with Gasteiger partial charge in [0.1, 0.15) is 0 Å². The van der Waals surface area contributed by atoms with Crippen LogP contribution in [0.1, 0.15) is 6.92 Å². The first-order valence-corrected chi connectivity index (χ1v) is 1.88. The van der Waals surface area contributed by atoms with Crippen LogP contribution < -0.4 is 0 Å². The molecule has 0 bridgehead atoms. The molecule has 40 valence electrons. The van der Waals surface area contributed by atoms with Gasteiger partial charge in [0.15, 0.2) is 12.0 Å². The highest BCUT2D eigenvalue weighted by Gasteiger charge is 2.00. The Balaban J connectivity index is 3.81. The Morgan fingerprint density at radius 3 is 2.29 bits per heavy atom. The van der Waals surface area contributed by atoms with Crippen LogP contribution in [0, 0.1) is 0 Å². The van der Waals surface area contributed by atoms with Crippen molar-refractivity contribution in [3.63, 3.8) is 0 Å². The molecule has 0 aromatic rings. The van der Waals surface area contributed by atoms with Gasteiger partial charge in [-0.15, -0.1) is 0 Å². The van der Waals surface area contributed by atoms with Gasteiger partial charge in [0.2, 0.25) is 0 Å². The van der Waals surface area contributed by atoms with Gasteiger partial charge in [0, 0.05) is 0 Å². The fraction of sp³-hybridized carbons (Fsp3) is 0.400. The number of rotatable bonds is 1. The minimum Gasteiger partial charge on any atom is -0.239 e. The zero-order valence-electron chi connectivity index (χ0n) is 4.04. The average molecular weight is 104 g/mol. The van der Waals surface area contributed by atoms with E-state index < -0.39 is 12.0 Å². The lowest BCUT2D eigenvalue weighted by Gasteiger charge is -1.88. The van der Waals surface area contributed by atoms with E-state index >= 15 is 0 Å². The van der Waals surface area contributed by atoms with Gasteiger partial charge in [-0.1, -0.05) is 12.3 Å². The number of alkyl halides is 1. The van der Waals surface area contributed by atoms with E-state index in [9.17, 15) is 8.78 Å². The van der Waals surface area contributed by atoms with Gasteiger partial charge in [0.05, 0.1) is 0 Å². The fourth-order valence-corrected chi connectivity index (χ4v) is 0.141. The second-order valence-corrected chi connectivity index (χ2v) is 1.14. The number of allylic oxidation sites excluding steroid dienone is 1. The summed E-state index contributed by atoms with van der Waals surface area (Å²) >= 11 is 0. The van der Waals surface area contributed by atoms with Crippen LogP contribution in [0.3, 0.4) is 0 Å². The van der Waals surface area contributed by atoms with Crippen molar-refractivity contribution in [3.05, 3.63) is 18.1 Å². The highest BCUT2D eigenvalue weighted by molar-refractivity contribution is 4.92. The van der Waals surface area contributed by atoms with Gasteiger partial charge in [-0.25, -0.2) is 4.39 Å². The molecule has 0 spiro atoms. The Bertz CT molecular complexity index is 98.6. The van der Waals surface area contributed by atoms with Crippen LogP contribution in [0.15, 0.2) is 18.1 Å². The van der Waals surface area contributed by atoms with Crippen LogP contribution in [0.2, 0.25) is 0 Å². The lowest BCUT2D eigenvalue weighted by Crippen LogP contribution is -1.88. The van der Waals surface area contributed by atoms with E-state index in [1.165, 1.54) is 0 Å². The standard InChI is InChI=1S/C5H6F2/c1-3-5(7)4(2)6/h4H,1H2,2H3. The maximum absolute atomic E-state index is 11.6. The molecule has 0 rings (SSSR count). The average Bonchev–Trinajstić information content (AvgIpc) is 1.65. The topological polar surface area (TPSA) is 0 Å². The smallest absolute Gasteiger partial charge is 0.175 e. The maximum Gasteiger partial charge on any atom is 0.175 e. The number of hydrogen-bond donors (Lipinski definition) is 0. The minimum atomic E-state index is -1.56. The van der Waals surface area contributed by atoms with E-state index in [0.717, 1.165) is 6.92 Å². The molecule has 0 saturated heterocycles. The van der Waals surface area contributed by atoms with Crippen LogP contribution in [0.5, 0.6) is 0 Å². The van der Waals surface area contributed by atoms with Crippen molar-refractivity contribution < 1.29 is 8.78 Å². The summed E-state index contributed by atoms with van der Waals surface area (Å²) in [6, 6.07) is 0. The zero-order valence-corrected chi connectivity index (χ0v) is 4.04. The molecule has 1 atom stereocenters. The molecule has 0 aromatic carbocycles. The van der Waals surface area contributed by atoms with E-state index in [0.29, 0.717) is 0 Å². The summed E-state index contributed by atoms with van der Waals surface area (Å²) in [5.74, 6) is -0.931. The third kappa shape index (κ3) is 2.12. The van der Waals surface area contributed by atoms with E-state index in [1.807, 2.05) is 0 Å². The Hall–Kier alpha value is -0.620. The van der Waals surface area contributed by atoms with Gasteiger partial charge >= 0.3 is 0 Å². The largest absolute Gasteiger partial charge is 0.239 e. The molecular weight excluding hydrogens is 98.1 g/mol. The SMILES string of the molecule is C=C=C(F)C(C)F. The van der Waals surface area contributed by atoms with Crippen LogP contribution >= 0.6 is 0 Å². The molecule has 0 aromatic heterocycles. The van der Waals surface area contributed by atoms with Gasteiger partial charge < -0.3 is 0 Å². The molecule has 0 heterocycles. The van der Waals surface area contributed by atoms with Crippen LogP contribution in [0.4, 0.5) is 8.78 Å². The maximum atomic E-state index is 11.6. The normalized spacial score (nSPS) is 12.4. The van der Waals surface area contributed by atoms with Crippen LogP contribution in [0.25, 0.3) is 0 Å². The molecule has 0 aliphatic heterocycles. The molecule has 0 radical (unpaired) electrons. The second-order valence-electron chi connectivity index (χ2n) is 1.14. The van der Waals surface area contributed by atoms with Crippen LogP contribution in [-0.4, -0.2) is 6.17 Å². The summed E-state index contributed by atoms with van der Waals surface area (Å²) in [5.41, 5.74) is 1.79. The molecule has 0 nitrogen and oxygen atoms in total. The molecule has 0 aliphatic rings. The Labute approximate surface area is 41.2 Å². The van der Waals surface area contributed by atoms with E-state index in [-0.39, 0.29) is 0 Å². The van der Waals surface area contributed by atoms with Crippen molar-refractivity contribution in [1.82, 2.24) is 0 Å². The van der Waals surface area contributed by atoms with Crippen molar-refractivity contribution in [2.45, 2.75) is 13.1 Å². The van der Waals surface area contributed by atoms with Gasteiger partial charge in [-0.05, 0) is 6.92 Å². The molecule has 0 saturated carbocycles. The fourth-order valence-electron chi connectivity index (χ4n) is 0.141. The van der Waals surface area contributed by atoms with Crippen LogP contribution in [-0.2, 0) is 0 Å². The quantitative estimate of drug-likeness (QED) is 0.446. The summed E-state index contributed by atoms with van der Waals surface area (Å²) in [7, 11) is 0. The zero-order chi connectivity index (χ0) is 5.86. The molecule has 2 heteroatoms. The predicted molar refractivity (Wildman–Crippen MR) is 24.3 cm³/mol. The summed E-state index contributed by atoms with van der Waals surface area (Å²) in [6.07, 6.45) is -1.56. The van der Waals surface area contributed by atoms with E-state index in [2.05, 4.69) is 6.58 Å². The number of halogens is 2. The van der Waals surface area contributed by atoms with Gasteiger partial charge in [-0.2, -0.15) is 4.39 Å². The highest BCUT2D eigenvalue weighted by atomic mass is 19.2. The number of hydrogen-bond acceptors (Lipinski definition) is 0.